The summed E-state index contributed by atoms with van der Waals surface area (Å²) < 4.78 is 0. The molecular weight excluding hydrogens is 1430 g/mol. The van der Waals surface area contributed by atoms with Crippen molar-refractivity contribution in [1.29, 1.82) is 0 Å². The number of β-amino-alcohol motifs (C(OH)–C–C–N with tert-alkyl or cyclic N) is 2. The number of hydrogen-bond donors (Lipinski definition) is 17. The van der Waals surface area contributed by atoms with Crippen LogP contribution in [0.4, 0.5) is 0 Å². The zero-order valence-corrected chi connectivity index (χ0v) is 66.2. The summed E-state index contributed by atoms with van der Waals surface area (Å²) in [6.07, 6.45) is -3.65. The second-order valence-electron chi connectivity index (χ2n) is 31.9. The van der Waals surface area contributed by atoms with E-state index in [1.54, 1.807) is 77.1 Å². The van der Waals surface area contributed by atoms with E-state index in [1.165, 1.54) is 83.1 Å². The van der Waals surface area contributed by atoms with Gasteiger partial charge in [-0.05, 0) is 125 Å². The Balaban J connectivity index is 1.37. The molecule has 2 saturated heterocycles. The number of aliphatic hydroxyl groups excluding tert-OH is 3. The van der Waals surface area contributed by atoms with Crippen LogP contribution in [0.5, 0.6) is 0 Å². The Morgan fingerprint density at radius 1 is 0.491 bits per heavy atom. The predicted octanol–water partition coefficient (Wildman–Crippen LogP) is -3.21. The van der Waals surface area contributed by atoms with Crippen LogP contribution in [0.3, 0.4) is 0 Å². The Bertz CT molecular complexity index is 3680. The lowest BCUT2D eigenvalue weighted by molar-refractivity contribution is -0.147. The molecule has 110 heavy (non-hydrogen) atoms. The summed E-state index contributed by atoms with van der Waals surface area (Å²) in [5.74, 6) is -13.9. The number of aliphatic hydroxyl groups is 3. The predicted molar refractivity (Wildman–Crippen MR) is 402 cm³/mol. The molecular formula is C75H116N16O19. The Morgan fingerprint density at radius 2 is 0.927 bits per heavy atom. The highest BCUT2D eigenvalue weighted by atomic mass is 16.3. The van der Waals surface area contributed by atoms with Gasteiger partial charge in [-0.25, -0.2) is 0 Å². The molecule has 0 aromatic heterocycles. The minimum atomic E-state index is -1.90. The van der Waals surface area contributed by atoms with Crippen molar-refractivity contribution in [2.75, 3.05) is 32.8 Å². The SMILES string of the molecule is CC[C@](C)(NC(=O)[C@H](CCC(N)=O)NC(=O)[C@@H]1C[C@@H](O)CN1C(=O)C(C)(C)NC(=O)C(C)(C)NC(=O)[C@H](CC(C)C)NC(=O)CNC(=O)[C@@H](NC(=O)C(C)(C)NC(=O)C(C)(C)NC(=O)C(C)(C)NC(=O)[C@H](Cc1ccccc1)NC(C)=O)C(C)C)C(=O)N1C[C@H](O)C[C@H]1C(=O)NCC(=O)NC(CO)Cc1ccccc1. The van der Waals surface area contributed by atoms with Crippen molar-refractivity contribution >= 4 is 94.5 Å². The van der Waals surface area contributed by atoms with Gasteiger partial charge in [-0.3, -0.25) is 76.7 Å². The first-order valence-corrected chi connectivity index (χ1v) is 36.8. The van der Waals surface area contributed by atoms with Gasteiger partial charge in [0, 0.05) is 45.7 Å². The van der Waals surface area contributed by atoms with Gasteiger partial charge in [0.1, 0.15) is 69.5 Å². The van der Waals surface area contributed by atoms with Gasteiger partial charge >= 0.3 is 0 Å². The summed E-state index contributed by atoms with van der Waals surface area (Å²) in [5, 5.41) is 65.2. The van der Waals surface area contributed by atoms with E-state index in [0.717, 1.165) is 20.9 Å². The number of primary amides is 1. The van der Waals surface area contributed by atoms with E-state index in [1.807, 2.05) is 18.2 Å². The molecule has 0 radical (unpaired) electrons. The topological polar surface area (TPSA) is 523 Å². The minimum Gasteiger partial charge on any atom is -0.394 e. The number of amides is 16. The second-order valence-corrected chi connectivity index (χ2v) is 31.9. The highest BCUT2D eigenvalue weighted by Crippen LogP contribution is 2.27. The van der Waals surface area contributed by atoms with Crippen LogP contribution in [0.1, 0.15) is 167 Å². The molecule has 16 amide bonds. The second kappa shape index (κ2) is 39.5. The number of nitrogens with one attached hydrogen (secondary N) is 13. The Kier molecular flexibility index (Phi) is 33.1. The maximum absolute atomic E-state index is 14.5. The van der Waals surface area contributed by atoms with E-state index in [0.29, 0.717) is 6.42 Å². The van der Waals surface area contributed by atoms with E-state index in [4.69, 9.17) is 5.73 Å². The maximum Gasteiger partial charge on any atom is 0.248 e. The Labute approximate surface area is 641 Å². The van der Waals surface area contributed by atoms with Gasteiger partial charge in [0.15, 0.2) is 0 Å². The lowest BCUT2D eigenvalue weighted by Crippen LogP contribution is -2.67. The van der Waals surface area contributed by atoms with Crippen LogP contribution in [0.25, 0.3) is 0 Å². The van der Waals surface area contributed by atoms with Crippen LogP contribution < -0.4 is 74.9 Å². The molecule has 0 aliphatic carbocycles. The fourth-order valence-electron chi connectivity index (χ4n) is 12.1. The summed E-state index contributed by atoms with van der Waals surface area (Å²) in [6, 6.07) is 9.19. The number of likely N-dealkylation sites (tertiary alicyclic amines) is 2. The Morgan fingerprint density at radius 3 is 1.40 bits per heavy atom. The number of nitrogens with two attached hydrogens (primary N) is 1. The molecule has 2 fully saturated rings. The number of rotatable bonds is 39. The molecule has 10 atom stereocenters. The molecule has 18 N–H and O–H groups in total. The lowest BCUT2D eigenvalue weighted by Gasteiger charge is -2.37. The summed E-state index contributed by atoms with van der Waals surface area (Å²) in [7, 11) is 0. The highest BCUT2D eigenvalue weighted by Gasteiger charge is 2.50. The van der Waals surface area contributed by atoms with E-state index in [9.17, 15) is 92.0 Å². The van der Waals surface area contributed by atoms with Crippen LogP contribution >= 0.6 is 0 Å². The average Bonchev–Trinajstić information content (AvgIpc) is 1.55. The number of carbonyl (C=O) groups is 16. The van der Waals surface area contributed by atoms with Gasteiger partial charge in [0.05, 0.1) is 37.9 Å². The standard InChI is InChI=1S/C75H116N16O19/c1-18-75(17,69(110)91-39-47(94)34-52(91)61(102)77-36-55(97)80-46(40-92)32-44-25-21-19-22-26-44)86-58(99)49(29-30-54(76)96)82-62(103)53-35-48(95)38-90(53)68(109)74(15,16)89-66(107)72(11,12)84-59(100)50(31-41(2)3)81-56(98)37-78-63(104)57(42(4)5)83-64(105)70(7,8)87-67(108)73(13,14)88-65(106)71(9,10)85-60(101)51(79-43(6)93)33-45-27-23-20-24-28-45/h19-28,41-42,46-53,57,92,94-95H,18,29-40H2,1-17H3,(H2,76,96)(H,77,102)(H,78,104)(H,79,93)(H,80,97)(H,81,98)(H,82,103)(H,83,105)(H,84,100)(H,85,101)(H,86,99)(H,87,108)(H,88,106)(H,89,107)/t46?,47-,48-,49+,50+,51+,52+,53+,57+,75+/m1/s1. The van der Waals surface area contributed by atoms with E-state index < -0.39 is 227 Å². The normalized spacial score (nSPS) is 17.9. The number of hydrogen-bond acceptors (Lipinski definition) is 19. The molecule has 0 spiro atoms. The van der Waals surface area contributed by atoms with Crippen LogP contribution in [-0.2, 0) is 89.6 Å². The fourth-order valence-corrected chi connectivity index (χ4v) is 12.1. The van der Waals surface area contributed by atoms with Crippen molar-refractivity contribution in [2.45, 2.75) is 257 Å². The van der Waals surface area contributed by atoms with Crippen molar-refractivity contribution in [1.82, 2.24) is 78.9 Å². The van der Waals surface area contributed by atoms with Crippen molar-refractivity contribution in [3.05, 3.63) is 71.8 Å². The molecule has 2 aromatic rings. The minimum absolute atomic E-state index is 0.0175. The lowest BCUT2D eigenvalue weighted by atomic mass is 9.94. The fraction of sp³-hybridized carbons (Fsp3) is 0.627. The first kappa shape index (κ1) is 92.2. The van der Waals surface area contributed by atoms with Gasteiger partial charge in [-0.15, -0.1) is 0 Å². The number of benzene rings is 2. The van der Waals surface area contributed by atoms with Gasteiger partial charge in [0.25, 0.3) is 0 Å². The summed E-state index contributed by atoms with van der Waals surface area (Å²) in [6.45, 7) is 21.9. The number of nitrogens with zero attached hydrogens (tertiary/aromatic N) is 2. The van der Waals surface area contributed by atoms with E-state index in [-0.39, 0.29) is 44.6 Å². The molecule has 2 aliphatic rings. The largest absolute Gasteiger partial charge is 0.394 e. The molecule has 1 unspecified atom stereocenters. The maximum atomic E-state index is 14.5. The third kappa shape index (κ3) is 27.1. The molecule has 2 aliphatic heterocycles. The quantitative estimate of drug-likeness (QED) is 0.0313. The smallest absolute Gasteiger partial charge is 0.248 e. The first-order chi connectivity index (χ1) is 50.9. The molecule has 35 nitrogen and oxygen atoms in total. The number of carbonyl (C=O) groups excluding carboxylic acids is 16. The Hall–Kier alpha value is -10.2. The van der Waals surface area contributed by atoms with Gasteiger partial charge < -0.3 is 100.0 Å². The molecule has 2 heterocycles. The van der Waals surface area contributed by atoms with Gasteiger partial charge in [-0.1, -0.05) is 95.3 Å². The third-order valence-electron chi connectivity index (χ3n) is 18.9. The molecule has 610 valence electrons. The molecule has 35 heteroatoms. The average molecular weight is 1550 g/mol. The van der Waals surface area contributed by atoms with E-state index >= 15 is 0 Å². The molecule has 2 aromatic carbocycles. The highest BCUT2D eigenvalue weighted by molar-refractivity contribution is 6.03. The summed E-state index contributed by atoms with van der Waals surface area (Å²) >= 11 is 0. The van der Waals surface area contributed by atoms with Crippen LogP contribution in [0.2, 0.25) is 0 Å². The van der Waals surface area contributed by atoms with Crippen molar-refractivity contribution in [3.63, 3.8) is 0 Å². The van der Waals surface area contributed by atoms with Crippen LogP contribution in [-0.4, -0.2) is 240 Å². The van der Waals surface area contributed by atoms with Crippen LogP contribution in [0, 0.1) is 11.8 Å². The van der Waals surface area contributed by atoms with Crippen LogP contribution in [0.15, 0.2) is 60.7 Å². The monoisotopic (exact) mass is 1540 g/mol. The summed E-state index contributed by atoms with van der Waals surface area (Å²) in [4.78, 5) is 221. The zero-order chi connectivity index (χ0) is 83.4. The van der Waals surface area contributed by atoms with E-state index in [2.05, 4.69) is 69.1 Å². The van der Waals surface area contributed by atoms with Gasteiger partial charge in [0.2, 0.25) is 94.5 Å². The van der Waals surface area contributed by atoms with Crippen molar-refractivity contribution < 1.29 is 92.0 Å². The van der Waals surface area contributed by atoms with Gasteiger partial charge in [-0.2, -0.15) is 0 Å². The molecule has 4 rings (SSSR count). The van der Waals surface area contributed by atoms with Crippen molar-refractivity contribution in [2.24, 2.45) is 17.6 Å². The third-order valence-corrected chi connectivity index (χ3v) is 18.9. The first-order valence-electron chi connectivity index (χ1n) is 36.8. The zero-order valence-electron chi connectivity index (χ0n) is 66.2. The van der Waals surface area contributed by atoms with Crippen molar-refractivity contribution in [3.8, 4) is 0 Å². The molecule has 0 saturated carbocycles. The summed E-state index contributed by atoms with van der Waals surface area (Å²) in [5.41, 5.74) is -3.56. The molecule has 0 bridgehead atoms.